The summed E-state index contributed by atoms with van der Waals surface area (Å²) in [5.74, 6) is -1.03. The molecule has 1 aliphatic heterocycles. The van der Waals surface area contributed by atoms with Crippen LogP contribution < -0.4 is 11.1 Å². The summed E-state index contributed by atoms with van der Waals surface area (Å²) in [7, 11) is 0. The molecule has 0 spiro atoms. The Balaban J connectivity index is 2.46. The Morgan fingerprint density at radius 2 is 2.11 bits per heavy atom. The first-order chi connectivity index (χ1) is 8.50. The fraction of sp³-hybridized carbons (Fsp3) is 0.727. The summed E-state index contributed by atoms with van der Waals surface area (Å²) in [6.45, 7) is 0. The molecule has 4 N–H and O–H groups in total. The maximum Gasteiger partial charge on any atom is 0.326 e. The van der Waals surface area contributed by atoms with E-state index in [2.05, 4.69) is 5.32 Å². The van der Waals surface area contributed by atoms with Crippen molar-refractivity contribution in [2.45, 2.75) is 43.4 Å². The van der Waals surface area contributed by atoms with Gasteiger partial charge in [-0.05, 0) is 25.0 Å². The molecular formula is C11H18N2O4S. The summed E-state index contributed by atoms with van der Waals surface area (Å²) in [5, 5.41) is 11.3. The maximum atomic E-state index is 11.8. The number of primary amides is 1. The van der Waals surface area contributed by atoms with Crippen LogP contribution in [0.25, 0.3) is 0 Å². The number of thioether (sulfide) groups is 1. The Kier molecular flexibility index (Phi) is 5.97. The zero-order chi connectivity index (χ0) is 13.5. The van der Waals surface area contributed by atoms with Crippen molar-refractivity contribution in [3.05, 3.63) is 0 Å². The highest BCUT2D eigenvalue weighted by atomic mass is 32.2. The van der Waals surface area contributed by atoms with Crippen LogP contribution in [0.4, 0.5) is 0 Å². The molecule has 2 atom stereocenters. The quantitative estimate of drug-likeness (QED) is 0.636. The number of rotatable bonds is 6. The lowest BCUT2D eigenvalue weighted by Gasteiger charge is -2.22. The van der Waals surface area contributed by atoms with Crippen molar-refractivity contribution >= 4 is 29.5 Å². The number of nitrogens with two attached hydrogens (primary N) is 1. The van der Waals surface area contributed by atoms with Crippen molar-refractivity contribution in [3.63, 3.8) is 0 Å². The topological polar surface area (TPSA) is 109 Å². The predicted molar refractivity (Wildman–Crippen MR) is 68.1 cm³/mol. The van der Waals surface area contributed by atoms with E-state index in [4.69, 9.17) is 10.8 Å². The summed E-state index contributed by atoms with van der Waals surface area (Å²) >= 11 is 1.55. The third-order valence-electron chi connectivity index (χ3n) is 2.77. The van der Waals surface area contributed by atoms with Crippen molar-refractivity contribution < 1.29 is 19.5 Å². The van der Waals surface area contributed by atoms with Crippen LogP contribution in [0.5, 0.6) is 0 Å². The number of hydrogen-bond donors (Lipinski definition) is 3. The minimum Gasteiger partial charge on any atom is -0.480 e. The highest BCUT2D eigenvalue weighted by Gasteiger charge is 2.26. The van der Waals surface area contributed by atoms with Crippen molar-refractivity contribution in [1.82, 2.24) is 5.32 Å². The molecule has 0 aliphatic carbocycles. The van der Waals surface area contributed by atoms with Crippen LogP contribution in [0, 0.1) is 0 Å². The van der Waals surface area contributed by atoms with Gasteiger partial charge in [0.05, 0.1) is 5.25 Å². The van der Waals surface area contributed by atoms with E-state index in [9.17, 15) is 14.4 Å². The lowest BCUT2D eigenvalue weighted by atomic mass is 10.1. The Morgan fingerprint density at radius 1 is 1.39 bits per heavy atom. The number of hydrogen-bond acceptors (Lipinski definition) is 4. The summed E-state index contributed by atoms with van der Waals surface area (Å²) in [4.78, 5) is 33.4. The van der Waals surface area contributed by atoms with Crippen molar-refractivity contribution in [2.24, 2.45) is 5.73 Å². The number of carboxylic acids is 1. The minimum atomic E-state index is -1.13. The second-order valence-electron chi connectivity index (χ2n) is 4.26. The molecule has 1 heterocycles. The molecule has 1 saturated heterocycles. The van der Waals surface area contributed by atoms with Gasteiger partial charge in [-0.3, -0.25) is 9.59 Å². The third-order valence-corrected chi connectivity index (χ3v) is 4.14. The van der Waals surface area contributed by atoms with Crippen LogP contribution in [0.15, 0.2) is 0 Å². The third kappa shape index (κ3) is 4.95. The zero-order valence-electron chi connectivity index (χ0n) is 10.1. The first-order valence-electron chi connectivity index (χ1n) is 5.94. The molecular weight excluding hydrogens is 256 g/mol. The highest BCUT2D eigenvalue weighted by Crippen LogP contribution is 2.25. The average Bonchev–Trinajstić information content (AvgIpc) is 2.34. The Morgan fingerprint density at radius 3 is 2.61 bits per heavy atom. The average molecular weight is 274 g/mol. The molecule has 6 nitrogen and oxygen atoms in total. The van der Waals surface area contributed by atoms with Crippen molar-refractivity contribution in [1.29, 1.82) is 0 Å². The fourth-order valence-electron chi connectivity index (χ4n) is 1.76. The van der Waals surface area contributed by atoms with Crippen LogP contribution >= 0.6 is 11.8 Å². The molecule has 1 aliphatic rings. The minimum absolute atomic E-state index is 0.0355. The van der Waals surface area contributed by atoms with Gasteiger partial charge in [0.25, 0.3) is 0 Å². The number of carbonyl (C=O) groups is 3. The van der Waals surface area contributed by atoms with Gasteiger partial charge in [0, 0.05) is 6.42 Å². The molecule has 0 aromatic rings. The Labute approximate surface area is 110 Å². The Bertz CT molecular complexity index is 329. The monoisotopic (exact) mass is 274 g/mol. The molecule has 0 radical (unpaired) electrons. The van der Waals surface area contributed by atoms with Crippen LogP contribution in [0.2, 0.25) is 0 Å². The Hall–Kier alpha value is -1.24. The lowest BCUT2D eigenvalue weighted by Crippen LogP contribution is -2.45. The van der Waals surface area contributed by atoms with Crippen molar-refractivity contribution in [2.75, 3.05) is 5.75 Å². The normalized spacial score (nSPS) is 21.0. The summed E-state index contributed by atoms with van der Waals surface area (Å²) in [6, 6.07) is -1.03. The van der Waals surface area contributed by atoms with Crippen LogP contribution in [0.3, 0.4) is 0 Å². The standard InChI is InChI=1S/C11H18N2O4S/c12-9(14)5-4-7(11(16)17)13-10(15)8-3-1-2-6-18-8/h7-8H,1-6H2,(H2,12,14)(H,13,15)(H,16,17)/t7-,8?/m1/s1. The van der Waals surface area contributed by atoms with E-state index in [0.717, 1.165) is 25.0 Å². The smallest absolute Gasteiger partial charge is 0.326 e. The van der Waals surface area contributed by atoms with Gasteiger partial charge in [0.1, 0.15) is 6.04 Å². The molecule has 0 aromatic carbocycles. The van der Waals surface area contributed by atoms with E-state index >= 15 is 0 Å². The number of carboxylic acid groups (broad SMARTS) is 1. The fourth-order valence-corrected chi connectivity index (χ4v) is 2.96. The molecule has 18 heavy (non-hydrogen) atoms. The number of nitrogens with one attached hydrogen (secondary N) is 1. The van der Waals surface area contributed by atoms with E-state index in [1.54, 1.807) is 11.8 Å². The molecule has 1 fully saturated rings. The van der Waals surface area contributed by atoms with Crippen molar-refractivity contribution in [3.8, 4) is 0 Å². The van der Waals surface area contributed by atoms with Crippen LogP contribution in [-0.4, -0.2) is 39.9 Å². The molecule has 1 unspecified atom stereocenters. The SMILES string of the molecule is NC(=O)CC[C@@H](NC(=O)C1CCCCS1)C(=O)O. The molecule has 0 aromatic heterocycles. The number of aliphatic carboxylic acids is 1. The summed E-state index contributed by atoms with van der Waals surface area (Å²) < 4.78 is 0. The summed E-state index contributed by atoms with van der Waals surface area (Å²) in [6.07, 6.45) is 2.85. The zero-order valence-corrected chi connectivity index (χ0v) is 10.9. The second-order valence-corrected chi connectivity index (χ2v) is 5.57. The summed E-state index contributed by atoms with van der Waals surface area (Å²) in [5.41, 5.74) is 4.97. The number of carbonyl (C=O) groups excluding carboxylic acids is 2. The van der Waals surface area contributed by atoms with Gasteiger partial charge < -0.3 is 16.2 Å². The van der Waals surface area contributed by atoms with Gasteiger partial charge in [-0.1, -0.05) is 6.42 Å². The number of amides is 2. The van der Waals surface area contributed by atoms with Gasteiger partial charge in [-0.15, -0.1) is 11.8 Å². The van der Waals surface area contributed by atoms with E-state index in [1.807, 2.05) is 0 Å². The van der Waals surface area contributed by atoms with Gasteiger partial charge in [-0.25, -0.2) is 4.79 Å². The molecule has 0 saturated carbocycles. The van der Waals surface area contributed by atoms with E-state index < -0.39 is 17.9 Å². The maximum absolute atomic E-state index is 11.8. The molecule has 102 valence electrons. The van der Waals surface area contributed by atoms with Crippen LogP contribution in [-0.2, 0) is 14.4 Å². The van der Waals surface area contributed by atoms with E-state index in [-0.39, 0.29) is 24.0 Å². The van der Waals surface area contributed by atoms with Crippen LogP contribution in [0.1, 0.15) is 32.1 Å². The molecule has 2 amide bonds. The molecule has 0 bridgehead atoms. The first kappa shape index (κ1) is 14.8. The van der Waals surface area contributed by atoms with Gasteiger partial charge in [0.15, 0.2) is 0 Å². The van der Waals surface area contributed by atoms with Gasteiger partial charge in [-0.2, -0.15) is 0 Å². The van der Waals surface area contributed by atoms with Gasteiger partial charge in [0.2, 0.25) is 11.8 Å². The first-order valence-corrected chi connectivity index (χ1v) is 6.98. The highest BCUT2D eigenvalue weighted by molar-refractivity contribution is 8.00. The largest absolute Gasteiger partial charge is 0.480 e. The second kappa shape index (κ2) is 7.25. The lowest BCUT2D eigenvalue weighted by molar-refractivity contribution is -0.142. The van der Waals surface area contributed by atoms with E-state index in [0.29, 0.717) is 0 Å². The predicted octanol–water partition coefficient (Wildman–Crippen LogP) is 0.107. The van der Waals surface area contributed by atoms with E-state index in [1.165, 1.54) is 0 Å². The molecule has 1 rings (SSSR count). The van der Waals surface area contributed by atoms with Gasteiger partial charge >= 0.3 is 5.97 Å². The molecule has 7 heteroatoms.